The summed E-state index contributed by atoms with van der Waals surface area (Å²) < 4.78 is 0. The van der Waals surface area contributed by atoms with Crippen LogP contribution in [0.1, 0.15) is 13.8 Å². The van der Waals surface area contributed by atoms with E-state index in [0.717, 1.165) is 0 Å². The second-order valence-electron chi connectivity index (χ2n) is 2.14. The molecule has 0 heterocycles. The maximum Gasteiger partial charge on any atom is 0.225 e. The number of aliphatic hydroxyl groups excluding tert-OH is 1. The molecule has 2 unspecified atom stereocenters. The molecule has 0 rings (SSSR count). The maximum atomic E-state index is 10.7. The fourth-order valence-electron chi connectivity index (χ4n) is 0.447. The lowest BCUT2D eigenvalue weighted by Gasteiger charge is -2.11. The van der Waals surface area contributed by atoms with Crippen molar-refractivity contribution in [3.05, 3.63) is 0 Å². The van der Waals surface area contributed by atoms with E-state index in [1.165, 1.54) is 0 Å². The number of amides is 1. The minimum absolute atomic E-state index is 0.120. The zero-order chi connectivity index (χ0) is 7.44. The molecule has 3 nitrogen and oxygen atoms in total. The van der Waals surface area contributed by atoms with Crippen LogP contribution in [0.3, 0.4) is 0 Å². The van der Waals surface area contributed by atoms with Crippen LogP contribution in [-0.4, -0.2) is 24.2 Å². The predicted octanol–water partition coefficient (Wildman–Crippen LogP) is -0.251. The average Bonchev–Trinajstić information content (AvgIpc) is 1.84. The van der Waals surface area contributed by atoms with Gasteiger partial charge >= 0.3 is 0 Å². The summed E-state index contributed by atoms with van der Waals surface area (Å²) in [6.07, 6.45) is -0.565. The van der Waals surface area contributed by atoms with Crippen LogP contribution >= 0.6 is 0 Å². The van der Waals surface area contributed by atoms with Gasteiger partial charge in [-0.15, -0.1) is 0 Å². The molecule has 0 aromatic rings. The predicted molar refractivity (Wildman–Crippen MR) is 34.9 cm³/mol. The van der Waals surface area contributed by atoms with E-state index in [2.05, 4.69) is 5.32 Å². The third-order valence-corrected chi connectivity index (χ3v) is 1.38. The summed E-state index contributed by atoms with van der Waals surface area (Å²) in [5.41, 5.74) is 0. The van der Waals surface area contributed by atoms with Crippen LogP contribution in [0.15, 0.2) is 0 Å². The molecule has 1 amide bonds. The van der Waals surface area contributed by atoms with E-state index >= 15 is 0 Å². The normalized spacial score (nSPS) is 16.4. The highest BCUT2D eigenvalue weighted by Gasteiger charge is 2.15. The number of hydrogen-bond acceptors (Lipinski definition) is 2. The highest BCUT2D eigenvalue weighted by atomic mass is 16.3. The van der Waals surface area contributed by atoms with E-state index in [-0.39, 0.29) is 11.8 Å². The second kappa shape index (κ2) is 3.45. The van der Waals surface area contributed by atoms with Crippen molar-refractivity contribution in [2.24, 2.45) is 5.92 Å². The number of hydrogen-bond donors (Lipinski definition) is 2. The standard InChI is InChI=1S/C6H13NO2/c1-4(5(2)8)6(9)7-3/h4-5,8H,1-3H3,(H,7,9). The zero-order valence-electron chi connectivity index (χ0n) is 6.01. The summed E-state index contributed by atoms with van der Waals surface area (Å²) in [5, 5.41) is 11.3. The van der Waals surface area contributed by atoms with E-state index < -0.39 is 6.10 Å². The molecule has 0 bridgehead atoms. The van der Waals surface area contributed by atoms with Gasteiger partial charge in [0.25, 0.3) is 0 Å². The van der Waals surface area contributed by atoms with Gasteiger partial charge in [0.2, 0.25) is 5.91 Å². The zero-order valence-corrected chi connectivity index (χ0v) is 6.01. The molecule has 0 radical (unpaired) electrons. The van der Waals surface area contributed by atoms with Crippen molar-refractivity contribution < 1.29 is 9.90 Å². The second-order valence-corrected chi connectivity index (χ2v) is 2.14. The molecule has 9 heavy (non-hydrogen) atoms. The third-order valence-electron chi connectivity index (χ3n) is 1.38. The van der Waals surface area contributed by atoms with Gasteiger partial charge in [0, 0.05) is 7.05 Å². The maximum absolute atomic E-state index is 10.7. The smallest absolute Gasteiger partial charge is 0.225 e. The van der Waals surface area contributed by atoms with Gasteiger partial charge < -0.3 is 10.4 Å². The number of aliphatic hydroxyl groups is 1. The van der Waals surface area contributed by atoms with E-state index in [9.17, 15) is 4.79 Å². The van der Waals surface area contributed by atoms with Gasteiger partial charge in [-0.05, 0) is 6.92 Å². The number of carbonyl (C=O) groups excluding carboxylic acids is 1. The van der Waals surface area contributed by atoms with Crippen molar-refractivity contribution >= 4 is 5.91 Å². The molecule has 2 N–H and O–H groups in total. The highest BCUT2D eigenvalue weighted by Crippen LogP contribution is 2.00. The van der Waals surface area contributed by atoms with Crippen molar-refractivity contribution in [3.8, 4) is 0 Å². The monoisotopic (exact) mass is 131 g/mol. The van der Waals surface area contributed by atoms with Gasteiger partial charge in [-0.2, -0.15) is 0 Å². The molecule has 0 aromatic heterocycles. The fourth-order valence-corrected chi connectivity index (χ4v) is 0.447. The van der Waals surface area contributed by atoms with Crippen LogP contribution in [0.25, 0.3) is 0 Å². The van der Waals surface area contributed by atoms with Crippen LogP contribution in [-0.2, 0) is 4.79 Å². The molecule has 0 aliphatic heterocycles. The Morgan fingerprint density at radius 2 is 2.00 bits per heavy atom. The molecule has 54 valence electrons. The Morgan fingerprint density at radius 3 is 2.11 bits per heavy atom. The SMILES string of the molecule is CNC(=O)C(C)C(C)O. The lowest BCUT2D eigenvalue weighted by molar-refractivity contribution is -0.126. The van der Waals surface area contributed by atoms with Crippen molar-refractivity contribution in [1.82, 2.24) is 5.32 Å². The third kappa shape index (κ3) is 2.46. The minimum atomic E-state index is -0.565. The Bertz CT molecular complexity index is 101. The first-order chi connectivity index (χ1) is 4.09. The molecule has 3 heteroatoms. The molecular formula is C6H13NO2. The van der Waals surface area contributed by atoms with Crippen molar-refractivity contribution in [3.63, 3.8) is 0 Å². The molecule has 2 atom stereocenters. The van der Waals surface area contributed by atoms with Crippen LogP contribution in [0, 0.1) is 5.92 Å². The van der Waals surface area contributed by atoms with Crippen LogP contribution in [0.4, 0.5) is 0 Å². The molecule has 0 aliphatic carbocycles. The van der Waals surface area contributed by atoms with Gasteiger partial charge in [-0.25, -0.2) is 0 Å². The summed E-state index contributed by atoms with van der Waals surface area (Å²) >= 11 is 0. The first kappa shape index (κ1) is 8.43. The van der Waals surface area contributed by atoms with Gasteiger partial charge in [0.1, 0.15) is 0 Å². The summed E-state index contributed by atoms with van der Waals surface area (Å²) in [7, 11) is 1.56. The van der Waals surface area contributed by atoms with Crippen LogP contribution in [0.2, 0.25) is 0 Å². The van der Waals surface area contributed by atoms with Crippen molar-refractivity contribution in [2.75, 3.05) is 7.05 Å². The largest absolute Gasteiger partial charge is 0.393 e. The Hall–Kier alpha value is -0.570. The van der Waals surface area contributed by atoms with E-state index in [0.29, 0.717) is 0 Å². The van der Waals surface area contributed by atoms with Crippen molar-refractivity contribution in [1.29, 1.82) is 0 Å². The van der Waals surface area contributed by atoms with E-state index in [4.69, 9.17) is 5.11 Å². The number of nitrogens with one attached hydrogen (secondary N) is 1. The minimum Gasteiger partial charge on any atom is -0.393 e. The Balaban J connectivity index is 3.72. The Morgan fingerprint density at radius 1 is 1.56 bits per heavy atom. The lowest BCUT2D eigenvalue weighted by atomic mass is 10.1. The first-order valence-corrected chi connectivity index (χ1v) is 2.99. The van der Waals surface area contributed by atoms with Gasteiger partial charge in [0.15, 0.2) is 0 Å². The van der Waals surface area contributed by atoms with Gasteiger partial charge in [-0.1, -0.05) is 6.92 Å². The molecule has 0 spiro atoms. The van der Waals surface area contributed by atoms with E-state index in [1.807, 2.05) is 0 Å². The first-order valence-electron chi connectivity index (χ1n) is 2.99. The topological polar surface area (TPSA) is 49.3 Å². The van der Waals surface area contributed by atoms with Crippen molar-refractivity contribution in [2.45, 2.75) is 20.0 Å². The Kier molecular flexibility index (Phi) is 3.24. The molecule has 0 saturated heterocycles. The summed E-state index contributed by atoms with van der Waals surface area (Å²) in [5.74, 6) is -0.431. The fraction of sp³-hybridized carbons (Fsp3) is 0.833. The number of carbonyl (C=O) groups is 1. The van der Waals surface area contributed by atoms with Gasteiger partial charge in [0.05, 0.1) is 12.0 Å². The molecule has 0 fully saturated rings. The summed E-state index contributed by atoms with van der Waals surface area (Å²) in [6, 6.07) is 0. The average molecular weight is 131 g/mol. The molecular weight excluding hydrogens is 118 g/mol. The lowest BCUT2D eigenvalue weighted by Crippen LogP contribution is -2.31. The molecule has 0 aliphatic rings. The quantitative estimate of drug-likeness (QED) is 0.543. The van der Waals surface area contributed by atoms with Gasteiger partial charge in [-0.3, -0.25) is 4.79 Å². The molecule has 0 aromatic carbocycles. The highest BCUT2D eigenvalue weighted by molar-refractivity contribution is 5.78. The Labute approximate surface area is 55.1 Å². The van der Waals surface area contributed by atoms with Crippen LogP contribution < -0.4 is 5.32 Å². The summed E-state index contributed by atoms with van der Waals surface area (Å²) in [4.78, 5) is 10.7. The van der Waals surface area contributed by atoms with E-state index in [1.54, 1.807) is 20.9 Å². The summed E-state index contributed by atoms with van der Waals surface area (Å²) in [6.45, 7) is 3.28. The number of rotatable bonds is 2. The molecule has 0 saturated carbocycles. The van der Waals surface area contributed by atoms with Crippen LogP contribution in [0.5, 0.6) is 0 Å².